The second-order valence-electron chi connectivity index (χ2n) is 3.46. The summed E-state index contributed by atoms with van der Waals surface area (Å²) in [5.41, 5.74) is -0.0751. The van der Waals surface area contributed by atoms with Crippen molar-refractivity contribution in [2.45, 2.75) is 0 Å². The molecule has 0 saturated carbocycles. The van der Waals surface area contributed by atoms with Gasteiger partial charge < -0.3 is 9.73 Å². The van der Waals surface area contributed by atoms with Gasteiger partial charge in [0, 0.05) is 12.1 Å². The molecule has 0 spiro atoms. The van der Waals surface area contributed by atoms with Gasteiger partial charge in [0.15, 0.2) is 4.67 Å². The number of nitro benzene ring substituents is 1. The van der Waals surface area contributed by atoms with Crippen LogP contribution in [0.4, 0.5) is 22.1 Å². The lowest BCUT2D eigenvalue weighted by Crippen LogP contribution is -2.19. The number of urea groups is 1. The molecule has 1 heterocycles. The predicted octanol–water partition coefficient (Wildman–Crippen LogP) is 3.59. The second-order valence-corrected chi connectivity index (χ2v) is 4.24. The third kappa shape index (κ3) is 3.32. The molecule has 0 unspecified atom stereocenters. The number of amides is 2. The molecule has 7 nitrogen and oxygen atoms in total. The number of nitrogens with zero attached hydrogens (tertiary/aromatic N) is 1. The zero-order valence-corrected chi connectivity index (χ0v) is 11.0. The van der Waals surface area contributed by atoms with Crippen LogP contribution in [0.2, 0.25) is 0 Å². The smallest absolute Gasteiger partial charge is 0.326 e. The number of hydrogen-bond acceptors (Lipinski definition) is 4. The van der Waals surface area contributed by atoms with Gasteiger partial charge >= 0.3 is 6.03 Å². The zero-order chi connectivity index (χ0) is 13.8. The summed E-state index contributed by atoms with van der Waals surface area (Å²) in [6.45, 7) is 0. The van der Waals surface area contributed by atoms with Crippen molar-refractivity contribution in [2.24, 2.45) is 0 Å². The Balaban J connectivity index is 2.09. The lowest BCUT2D eigenvalue weighted by molar-refractivity contribution is -0.383. The van der Waals surface area contributed by atoms with Gasteiger partial charge in [-0.3, -0.25) is 15.4 Å². The van der Waals surface area contributed by atoms with E-state index in [1.54, 1.807) is 18.2 Å². The summed E-state index contributed by atoms with van der Waals surface area (Å²) in [7, 11) is 0. The SMILES string of the molecule is O=C(Nc1ccc(Br)o1)Nc1ccccc1[N+](=O)[O-]. The van der Waals surface area contributed by atoms with Gasteiger partial charge in [0.2, 0.25) is 5.88 Å². The molecule has 2 aromatic rings. The molecule has 2 rings (SSSR count). The average molecular weight is 326 g/mol. The highest BCUT2D eigenvalue weighted by Crippen LogP contribution is 2.24. The molecule has 0 bridgehead atoms. The third-order valence-corrected chi connectivity index (χ3v) is 2.59. The van der Waals surface area contributed by atoms with Crippen LogP contribution in [0.15, 0.2) is 45.5 Å². The van der Waals surface area contributed by atoms with E-state index in [1.807, 2.05) is 0 Å². The number of nitro groups is 1. The van der Waals surface area contributed by atoms with Crippen molar-refractivity contribution in [3.8, 4) is 0 Å². The van der Waals surface area contributed by atoms with Gasteiger partial charge in [0.1, 0.15) is 5.69 Å². The molecule has 8 heteroatoms. The quantitative estimate of drug-likeness (QED) is 0.665. The number of carbonyl (C=O) groups excluding carboxylic acids is 1. The molecule has 0 aliphatic rings. The van der Waals surface area contributed by atoms with E-state index in [0.29, 0.717) is 4.67 Å². The van der Waals surface area contributed by atoms with Crippen LogP contribution in [0.3, 0.4) is 0 Å². The molecule has 0 atom stereocenters. The van der Waals surface area contributed by atoms with Crippen LogP contribution >= 0.6 is 15.9 Å². The summed E-state index contributed by atoms with van der Waals surface area (Å²) >= 11 is 3.09. The van der Waals surface area contributed by atoms with Crippen LogP contribution < -0.4 is 10.6 Å². The van der Waals surface area contributed by atoms with Gasteiger partial charge in [0.05, 0.1) is 4.92 Å². The van der Waals surface area contributed by atoms with E-state index in [9.17, 15) is 14.9 Å². The summed E-state index contributed by atoms with van der Waals surface area (Å²) in [5.74, 6) is 0.225. The van der Waals surface area contributed by atoms with Crippen molar-refractivity contribution in [2.75, 3.05) is 10.6 Å². The van der Waals surface area contributed by atoms with Gasteiger partial charge in [-0.05, 0) is 28.1 Å². The molecule has 1 aromatic carbocycles. The number of rotatable bonds is 3. The van der Waals surface area contributed by atoms with E-state index in [-0.39, 0.29) is 17.3 Å². The highest BCUT2D eigenvalue weighted by atomic mass is 79.9. The van der Waals surface area contributed by atoms with Gasteiger partial charge in [-0.2, -0.15) is 0 Å². The summed E-state index contributed by atoms with van der Waals surface area (Å²) in [6, 6.07) is 8.38. The molecule has 2 amide bonds. The maximum atomic E-state index is 11.6. The van der Waals surface area contributed by atoms with E-state index in [1.165, 1.54) is 18.2 Å². The van der Waals surface area contributed by atoms with Crippen molar-refractivity contribution < 1.29 is 14.1 Å². The number of para-hydroxylation sites is 2. The Bertz CT molecular complexity index is 626. The average Bonchev–Trinajstić information content (AvgIpc) is 2.75. The Morgan fingerprint density at radius 2 is 1.95 bits per heavy atom. The number of halogens is 1. The molecule has 0 aliphatic carbocycles. The fourth-order valence-corrected chi connectivity index (χ4v) is 1.69. The lowest BCUT2D eigenvalue weighted by atomic mass is 10.3. The van der Waals surface area contributed by atoms with Gasteiger partial charge in [-0.15, -0.1) is 0 Å². The maximum absolute atomic E-state index is 11.6. The van der Waals surface area contributed by atoms with Crippen LogP contribution in [0, 0.1) is 10.1 Å². The summed E-state index contributed by atoms with van der Waals surface area (Å²) in [5, 5.41) is 15.6. The monoisotopic (exact) mass is 325 g/mol. The molecule has 1 aromatic heterocycles. The number of hydrogen-bond donors (Lipinski definition) is 2. The predicted molar refractivity (Wildman–Crippen MR) is 72.1 cm³/mol. The number of furan rings is 1. The van der Waals surface area contributed by atoms with Crippen molar-refractivity contribution in [1.29, 1.82) is 0 Å². The van der Waals surface area contributed by atoms with E-state index in [4.69, 9.17) is 4.42 Å². The van der Waals surface area contributed by atoms with Gasteiger partial charge in [-0.25, -0.2) is 4.79 Å². The first-order valence-electron chi connectivity index (χ1n) is 5.13. The van der Waals surface area contributed by atoms with Crippen LogP contribution in [-0.2, 0) is 0 Å². The minimum atomic E-state index is -0.629. The molecule has 0 radical (unpaired) electrons. The van der Waals surface area contributed by atoms with E-state index >= 15 is 0 Å². The number of anilines is 2. The Morgan fingerprint density at radius 3 is 2.58 bits per heavy atom. The topological polar surface area (TPSA) is 97.4 Å². The van der Waals surface area contributed by atoms with E-state index < -0.39 is 11.0 Å². The van der Waals surface area contributed by atoms with E-state index in [0.717, 1.165) is 0 Å². The van der Waals surface area contributed by atoms with Crippen molar-refractivity contribution >= 4 is 39.2 Å². The number of carbonyl (C=O) groups is 1. The van der Waals surface area contributed by atoms with Crippen molar-refractivity contribution in [3.63, 3.8) is 0 Å². The van der Waals surface area contributed by atoms with Gasteiger partial charge in [0.25, 0.3) is 5.69 Å². The molecular formula is C11H8BrN3O4. The van der Waals surface area contributed by atoms with Crippen molar-refractivity contribution in [3.05, 3.63) is 51.2 Å². The standard InChI is InChI=1S/C11H8BrN3O4/c12-9-5-6-10(19-9)14-11(16)13-7-3-1-2-4-8(7)15(17)18/h1-6H,(H2,13,14,16). The van der Waals surface area contributed by atoms with Crippen LogP contribution in [0.5, 0.6) is 0 Å². The van der Waals surface area contributed by atoms with Crippen LogP contribution in [0.1, 0.15) is 0 Å². The molecule has 19 heavy (non-hydrogen) atoms. The Labute approximate surface area is 115 Å². The Morgan fingerprint density at radius 1 is 1.21 bits per heavy atom. The molecular weight excluding hydrogens is 318 g/mol. The normalized spacial score (nSPS) is 9.95. The molecule has 0 saturated heterocycles. The second kappa shape index (κ2) is 5.53. The highest BCUT2D eigenvalue weighted by Gasteiger charge is 2.15. The maximum Gasteiger partial charge on any atom is 0.326 e. The first-order chi connectivity index (χ1) is 9.06. The first kappa shape index (κ1) is 13.1. The largest absolute Gasteiger partial charge is 0.434 e. The lowest BCUT2D eigenvalue weighted by Gasteiger charge is -2.05. The Hall–Kier alpha value is -2.35. The third-order valence-electron chi connectivity index (χ3n) is 2.16. The summed E-state index contributed by atoms with van der Waals surface area (Å²) < 4.78 is 5.55. The van der Waals surface area contributed by atoms with Crippen LogP contribution in [0.25, 0.3) is 0 Å². The first-order valence-corrected chi connectivity index (χ1v) is 5.92. The van der Waals surface area contributed by atoms with Crippen LogP contribution in [-0.4, -0.2) is 11.0 Å². The minimum absolute atomic E-state index is 0.107. The number of nitrogens with one attached hydrogen (secondary N) is 2. The summed E-state index contributed by atoms with van der Waals surface area (Å²) in [4.78, 5) is 21.8. The van der Waals surface area contributed by atoms with Crippen molar-refractivity contribution in [1.82, 2.24) is 0 Å². The highest BCUT2D eigenvalue weighted by molar-refractivity contribution is 9.10. The molecule has 0 fully saturated rings. The molecule has 0 aliphatic heterocycles. The molecule has 98 valence electrons. The van der Waals surface area contributed by atoms with E-state index in [2.05, 4.69) is 26.6 Å². The zero-order valence-electron chi connectivity index (χ0n) is 9.42. The fourth-order valence-electron chi connectivity index (χ4n) is 1.39. The number of benzene rings is 1. The fraction of sp³-hybridized carbons (Fsp3) is 0. The Kier molecular flexibility index (Phi) is 3.81. The summed E-state index contributed by atoms with van der Waals surface area (Å²) in [6.07, 6.45) is 0. The minimum Gasteiger partial charge on any atom is -0.434 e. The molecule has 2 N–H and O–H groups in total. The van der Waals surface area contributed by atoms with Gasteiger partial charge in [-0.1, -0.05) is 12.1 Å².